The van der Waals surface area contributed by atoms with E-state index < -0.39 is 0 Å². The number of ether oxygens (including phenoxy) is 1. The Balaban J connectivity index is 0.000000561. The maximum Gasteiger partial charge on any atom is 0.128 e. The third-order valence-electron chi connectivity index (χ3n) is 1.07. The van der Waals surface area contributed by atoms with E-state index in [1.807, 2.05) is 0 Å². The Morgan fingerprint density at radius 3 is 2.33 bits per heavy atom. The van der Waals surface area contributed by atoms with E-state index >= 15 is 0 Å². The van der Waals surface area contributed by atoms with E-state index in [-0.39, 0.29) is 5.82 Å². The van der Waals surface area contributed by atoms with Crippen LogP contribution in [0.1, 0.15) is 0 Å². The molecule has 2 nitrogen and oxygen atoms in total. The minimum Gasteiger partial charge on any atom is -0.497 e. The minimum atomic E-state index is -0.385. The molecular weight excluding hydrogens is 181 g/mol. The number of halogens is 2. The lowest BCUT2D eigenvalue weighted by atomic mass is 10.3. The summed E-state index contributed by atoms with van der Waals surface area (Å²) in [6, 6.07) is 4.04. The van der Waals surface area contributed by atoms with Gasteiger partial charge in [0.15, 0.2) is 0 Å². The molecule has 4 heteroatoms. The third-order valence-corrected chi connectivity index (χ3v) is 1.29. The summed E-state index contributed by atoms with van der Waals surface area (Å²) in [6.07, 6.45) is 0. The van der Waals surface area contributed by atoms with E-state index in [9.17, 15) is 4.39 Å². The topological polar surface area (TPSA) is 35.2 Å². The maximum absolute atomic E-state index is 12.5. The summed E-state index contributed by atoms with van der Waals surface area (Å²) in [5.74, 6) is 0.0503. The van der Waals surface area contributed by atoms with Crippen molar-refractivity contribution in [2.45, 2.75) is 0 Å². The van der Waals surface area contributed by atoms with Crippen molar-refractivity contribution < 1.29 is 9.13 Å². The van der Waals surface area contributed by atoms with Gasteiger partial charge in [-0.05, 0) is 19.2 Å². The van der Waals surface area contributed by atoms with E-state index in [4.69, 9.17) is 16.3 Å². The van der Waals surface area contributed by atoms with Gasteiger partial charge in [-0.1, -0.05) is 11.6 Å². The molecule has 0 aromatic heterocycles. The fraction of sp³-hybridized carbons (Fsp3) is 0.250. The molecule has 0 aliphatic heterocycles. The van der Waals surface area contributed by atoms with Crippen molar-refractivity contribution in [1.29, 1.82) is 0 Å². The second-order valence-electron chi connectivity index (χ2n) is 1.81. The molecule has 0 saturated carbocycles. The first-order chi connectivity index (χ1) is 5.72. The predicted octanol–water partition coefficient (Wildman–Crippen LogP) is 2.06. The average molecular weight is 192 g/mol. The molecule has 1 aromatic carbocycles. The predicted molar refractivity (Wildman–Crippen MR) is 48.1 cm³/mol. The molecule has 0 saturated heterocycles. The van der Waals surface area contributed by atoms with Crippen LogP contribution in [-0.4, -0.2) is 14.2 Å². The van der Waals surface area contributed by atoms with Crippen LogP contribution in [0.25, 0.3) is 0 Å². The van der Waals surface area contributed by atoms with Crippen LogP contribution in [0.5, 0.6) is 5.75 Å². The van der Waals surface area contributed by atoms with Gasteiger partial charge >= 0.3 is 0 Å². The Labute approximate surface area is 76.1 Å². The highest BCUT2D eigenvalue weighted by Crippen LogP contribution is 2.19. The van der Waals surface area contributed by atoms with Gasteiger partial charge in [0.1, 0.15) is 11.6 Å². The molecule has 0 amide bonds. The molecule has 0 aliphatic rings. The van der Waals surface area contributed by atoms with Crippen LogP contribution < -0.4 is 10.5 Å². The highest BCUT2D eigenvalue weighted by Gasteiger charge is 1.96. The largest absolute Gasteiger partial charge is 0.497 e. The number of hydrogen-bond donors (Lipinski definition) is 1. The van der Waals surface area contributed by atoms with Crippen molar-refractivity contribution in [1.82, 2.24) is 0 Å². The second-order valence-corrected chi connectivity index (χ2v) is 2.25. The third kappa shape index (κ3) is 3.55. The number of methoxy groups -OCH3 is 1. The van der Waals surface area contributed by atoms with Gasteiger partial charge in [0, 0.05) is 11.1 Å². The van der Waals surface area contributed by atoms with Gasteiger partial charge in [-0.15, -0.1) is 0 Å². The van der Waals surface area contributed by atoms with Gasteiger partial charge in [-0.3, -0.25) is 0 Å². The molecule has 1 aromatic rings. The number of hydrogen-bond acceptors (Lipinski definition) is 2. The molecule has 0 bridgehead atoms. The normalized spacial score (nSPS) is 8.42. The lowest BCUT2D eigenvalue weighted by molar-refractivity contribution is 0.411. The number of rotatable bonds is 1. The first-order valence-electron chi connectivity index (χ1n) is 3.30. The minimum absolute atomic E-state index is 0.344. The van der Waals surface area contributed by atoms with Crippen LogP contribution in [0.15, 0.2) is 18.2 Å². The van der Waals surface area contributed by atoms with Gasteiger partial charge in [-0.25, -0.2) is 4.39 Å². The van der Waals surface area contributed by atoms with E-state index in [1.165, 1.54) is 26.3 Å². The standard InChI is InChI=1S/C7H6ClFO.CH5N/c1-10-7-3-5(8)2-6(9)4-7;1-2/h2-4H,1H3;2H2,1H3. The van der Waals surface area contributed by atoms with Crippen LogP contribution in [0.4, 0.5) is 4.39 Å². The summed E-state index contributed by atoms with van der Waals surface area (Å²) in [5, 5.41) is 0.344. The molecule has 0 fully saturated rings. The van der Waals surface area contributed by atoms with E-state index in [0.29, 0.717) is 10.8 Å². The zero-order chi connectivity index (χ0) is 9.56. The van der Waals surface area contributed by atoms with E-state index in [2.05, 4.69) is 5.73 Å². The fourth-order valence-electron chi connectivity index (χ4n) is 0.646. The first-order valence-corrected chi connectivity index (χ1v) is 3.68. The first kappa shape index (κ1) is 11.2. The summed E-state index contributed by atoms with van der Waals surface area (Å²) in [4.78, 5) is 0. The quantitative estimate of drug-likeness (QED) is 0.738. The van der Waals surface area contributed by atoms with E-state index in [1.54, 1.807) is 6.07 Å². The van der Waals surface area contributed by atoms with Crippen molar-refractivity contribution in [3.8, 4) is 5.75 Å². The summed E-state index contributed by atoms with van der Waals surface area (Å²) in [6.45, 7) is 0. The molecule has 0 unspecified atom stereocenters. The average Bonchev–Trinajstić information content (AvgIpc) is 2.06. The number of benzene rings is 1. The van der Waals surface area contributed by atoms with Crippen LogP contribution in [0, 0.1) is 5.82 Å². The van der Waals surface area contributed by atoms with E-state index in [0.717, 1.165) is 0 Å². The molecule has 0 spiro atoms. The Hall–Kier alpha value is -0.800. The second kappa shape index (κ2) is 5.80. The van der Waals surface area contributed by atoms with Crippen molar-refractivity contribution in [3.63, 3.8) is 0 Å². The summed E-state index contributed by atoms with van der Waals surface area (Å²) >= 11 is 5.51. The molecule has 12 heavy (non-hydrogen) atoms. The number of nitrogens with two attached hydrogens (primary N) is 1. The SMILES string of the molecule is CN.COc1cc(F)cc(Cl)c1. The molecule has 0 heterocycles. The Bertz CT molecular complexity index is 222. The molecule has 0 aliphatic carbocycles. The molecule has 1 rings (SSSR count). The Morgan fingerprint density at radius 1 is 1.33 bits per heavy atom. The highest BCUT2D eigenvalue weighted by atomic mass is 35.5. The van der Waals surface area contributed by atoms with Crippen molar-refractivity contribution >= 4 is 11.6 Å². The summed E-state index contributed by atoms with van der Waals surface area (Å²) < 4.78 is 17.2. The monoisotopic (exact) mass is 191 g/mol. The molecular formula is C8H11ClFNO. The van der Waals surface area contributed by atoms with Crippen LogP contribution >= 0.6 is 11.6 Å². The van der Waals surface area contributed by atoms with Gasteiger partial charge in [0.2, 0.25) is 0 Å². The molecule has 68 valence electrons. The molecule has 0 radical (unpaired) electrons. The maximum atomic E-state index is 12.5. The summed E-state index contributed by atoms with van der Waals surface area (Å²) in [7, 11) is 2.96. The summed E-state index contributed by atoms with van der Waals surface area (Å²) in [5.41, 5.74) is 4.50. The molecule has 0 atom stereocenters. The van der Waals surface area contributed by atoms with Crippen molar-refractivity contribution in [2.24, 2.45) is 5.73 Å². The van der Waals surface area contributed by atoms with Crippen LogP contribution in [0.2, 0.25) is 5.02 Å². The van der Waals surface area contributed by atoms with Crippen LogP contribution in [-0.2, 0) is 0 Å². The smallest absolute Gasteiger partial charge is 0.128 e. The van der Waals surface area contributed by atoms with Gasteiger partial charge in [0.25, 0.3) is 0 Å². The molecule has 2 N–H and O–H groups in total. The highest BCUT2D eigenvalue weighted by molar-refractivity contribution is 6.30. The lowest BCUT2D eigenvalue weighted by Gasteiger charge is -1.98. The van der Waals surface area contributed by atoms with Crippen molar-refractivity contribution in [3.05, 3.63) is 29.0 Å². The Morgan fingerprint density at radius 2 is 1.92 bits per heavy atom. The van der Waals surface area contributed by atoms with Gasteiger partial charge < -0.3 is 10.5 Å². The Kier molecular flexibility index (Phi) is 5.41. The van der Waals surface area contributed by atoms with Gasteiger partial charge in [-0.2, -0.15) is 0 Å². The lowest BCUT2D eigenvalue weighted by Crippen LogP contribution is -1.83. The zero-order valence-corrected chi connectivity index (χ0v) is 7.73. The fourth-order valence-corrected chi connectivity index (χ4v) is 0.858. The van der Waals surface area contributed by atoms with Crippen molar-refractivity contribution in [2.75, 3.05) is 14.2 Å². The van der Waals surface area contributed by atoms with Crippen LogP contribution in [0.3, 0.4) is 0 Å². The van der Waals surface area contributed by atoms with Gasteiger partial charge in [0.05, 0.1) is 7.11 Å². The zero-order valence-electron chi connectivity index (χ0n) is 6.97.